The number of amides is 2. The number of ether oxygens (including phenoxy) is 1. The maximum absolute atomic E-state index is 12.6. The molecule has 0 spiro atoms. The van der Waals surface area contributed by atoms with Gasteiger partial charge < -0.3 is 14.5 Å². The number of likely N-dealkylation sites (tertiary alicyclic amines) is 1. The van der Waals surface area contributed by atoms with Crippen LogP contribution in [0.4, 0.5) is 4.79 Å². The highest BCUT2D eigenvalue weighted by Gasteiger charge is 2.46. The number of rotatable bonds is 5. The molecule has 132 valence electrons. The number of carbonyl (C=O) groups excluding carboxylic acids is 2. The van der Waals surface area contributed by atoms with E-state index in [1.807, 2.05) is 30.3 Å². The largest absolute Gasteiger partial charge is 0.467 e. The van der Waals surface area contributed by atoms with E-state index in [0.717, 1.165) is 12.0 Å². The summed E-state index contributed by atoms with van der Waals surface area (Å²) in [4.78, 5) is 26.6. The van der Waals surface area contributed by atoms with Crippen LogP contribution in [0.1, 0.15) is 31.1 Å². The van der Waals surface area contributed by atoms with Gasteiger partial charge in [-0.25, -0.2) is 4.79 Å². The summed E-state index contributed by atoms with van der Waals surface area (Å²) in [5.41, 5.74) is 0.0133. The van der Waals surface area contributed by atoms with E-state index in [4.69, 9.17) is 9.15 Å². The van der Waals surface area contributed by atoms with Gasteiger partial charge in [-0.15, -0.1) is 0 Å². The molecule has 0 aliphatic carbocycles. The summed E-state index contributed by atoms with van der Waals surface area (Å²) in [5, 5.41) is 2.84. The molecule has 0 bridgehead atoms. The zero-order valence-electron chi connectivity index (χ0n) is 14.2. The van der Waals surface area contributed by atoms with Gasteiger partial charge in [-0.3, -0.25) is 9.69 Å². The number of furan rings is 1. The van der Waals surface area contributed by atoms with Crippen molar-refractivity contribution in [3.63, 3.8) is 0 Å². The van der Waals surface area contributed by atoms with E-state index in [1.165, 1.54) is 4.90 Å². The Morgan fingerprint density at radius 1 is 1.24 bits per heavy atom. The van der Waals surface area contributed by atoms with Gasteiger partial charge >= 0.3 is 6.09 Å². The van der Waals surface area contributed by atoms with Crippen molar-refractivity contribution in [1.29, 1.82) is 0 Å². The summed E-state index contributed by atoms with van der Waals surface area (Å²) >= 11 is 0. The van der Waals surface area contributed by atoms with E-state index in [0.29, 0.717) is 25.3 Å². The van der Waals surface area contributed by atoms with Gasteiger partial charge in [0.2, 0.25) is 5.91 Å². The van der Waals surface area contributed by atoms with Crippen LogP contribution in [0.15, 0.2) is 53.1 Å². The van der Waals surface area contributed by atoms with Crippen LogP contribution >= 0.6 is 0 Å². The normalized spacial score (nSPS) is 19.6. The quantitative estimate of drug-likeness (QED) is 0.906. The molecule has 0 radical (unpaired) electrons. The Bertz CT molecular complexity index is 714. The molecule has 1 saturated heterocycles. The molecule has 2 heterocycles. The van der Waals surface area contributed by atoms with Crippen LogP contribution in [0.3, 0.4) is 0 Å². The maximum atomic E-state index is 12.6. The maximum Gasteiger partial charge on any atom is 0.410 e. The molecule has 1 aliphatic rings. The number of nitrogens with one attached hydrogen (secondary N) is 1. The number of benzene rings is 1. The van der Waals surface area contributed by atoms with Crippen molar-refractivity contribution < 1.29 is 18.7 Å². The van der Waals surface area contributed by atoms with E-state index in [2.05, 4.69) is 5.32 Å². The fourth-order valence-corrected chi connectivity index (χ4v) is 3.06. The summed E-state index contributed by atoms with van der Waals surface area (Å²) in [6, 6.07) is 13.1. The minimum absolute atomic E-state index is 0.195. The monoisotopic (exact) mass is 342 g/mol. The molecule has 1 aromatic carbocycles. The SMILES string of the molecule is CC1(C(=O)NCc2ccco2)CCCN1C(=O)OCc1ccccc1. The van der Waals surface area contributed by atoms with E-state index in [9.17, 15) is 9.59 Å². The van der Waals surface area contributed by atoms with Gasteiger partial charge in [0.15, 0.2) is 0 Å². The molecule has 0 saturated carbocycles. The van der Waals surface area contributed by atoms with Crippen molar-refractivity contribution in [3.05, 3.63) is 60.1 Å². The third-order valence-electron chi connectivity index (χ3n) is 4.56. The van der Waals surface area contributed by atoms with E-state index in [1.54, 1.807) is 25.3 Å². The lowest BCUT2D eigenvalue weighted by atomic mass is 9.98. The lowest BCUT2D eigenvalue weighted by Crippen LogP contribution is -2.55. The smallest absolute Gasteiger partial charge is 0.410 e. The Kier molecular flexibility index (Phi) is 5.07. The minimum Gasteiger partial charge on any atom is -0.467 e. The van der Waals surface area contributed by atoms with E-state index >= 15 is 0 Å². The first kappa shape index (κ1) is 17.1. The second-order valence-electron chi connectivity index (χ2n) is 6.33. The lowest BCUT2D eigenvalue weighted by molar-refractivity contribution is -0.130. The van der Waals surface area contributed by atoms with Crippen LogP contribution in [-0.4, -0.2) is 29.0 Å². The number of hydrogen-bond acceptors (Lipinski definition) is 4. The zero-order chi connectivity index (χ0) is 17.7. The van der Waals surface area contributed by atoms with Crippen molar-refractivity contribution in [1.82, 2.24) is 10.2 Å². The van der Waals surface area contributed by atoms with Crippen molar-refractivity contribution in [2.45, 2.75) is 38.5 Å². The van der Waals surface area contributed by atoms with Crippen LogP contribution in [-0.2, 0) is 22.7 Å². The molecule has 1 atom stereocenters. The molecule has 1 aliphatic heterocycles. The molecule has 2 aromatic rings. The molecule has 1 aromatic heterocycles. The molecular weight excluding hydrogens is 320 g/mol. The van der Waals surface area contributed by atoms with Crippen molar-refractivity contribution in [2.75, 3.05) is 6.54 Å². The van der Waals surface area contributed by atoms with Crippen LogP contribution < -0.4 is 5.32 Å². The van der Waals surface area contributed by atoms with Crippen LogP contribution in [0.25, 0.3) is 0 Å². The van der Waals surface area contributed by atoms with Crippen LogP contribution in [0.5, 0.6) is 0 Å². The minimum atomic E-state index is -0.902. The third kappa shape index (κ3) is 3.84. The van der Waals surface area contributed by atoms with E-state index in [-0.39, 0.29) is 12.5 Å². The fourth-order valence-electron chi connectivity index (χ4n) is 3.06. The number of hydrogen-bond donors (Lipinski definition) is 1. The van der Waals surface area contributed by atoms with Gasteiger partial charge in [-0.05, 0) is 37.5 Å². The molecule has 2 amide bonds. The zero-order valence-corrected chi connectivity index (χ0v) is 14.2. The predicted molar refractivity (Wildman–Crippen MR) is 91.5 cm³/mol. The Morgan fingerprint density at radius 2 is 2.04 bits per heavy atom. The average molecular weight is 342 g/mol. The highest BCUT2D eigenvalue weighted by molar-refractivity contribution is 5.90. The van der Waals surface area contributed by atoms with Gasteiger partial charge in [0.1, 0.15) is 17.9 Å². The molecule has 1 fully saturated rings. The summed E-state index contributed by atoms with van der Waals surface area (Å²) < 4.78 is 10.6. The Balaban J connectivity index is 1.59. The van der Waals surface area contributed by atoms with Gasteiger partial charge in [0.25, 0.3) is 0 Å². The Labute approximate surface area is 146 Å². The molecule has 6 nitrogen and oxygen atoms in total. The lowest BCUT2D eigenvalue weighted by Gasteiger charge is -2.33. The van der Waals surface area contributed by atoms with Gasteiger partial charge in [-0.1, -0.05) is 30.3 Å². The second-order valence-corrected chi connectivity index (χ2v) is 6.33. The molecule has 3 rings (SSSR count). The Morgan fingerprint density at radius 3 is 2.76 bits per heavy atom. The summed E-state index contributed by atoms with van der Waals surface area (Å²) in [7, 11) is 0. The summed E-state index contributed by atoms with van der Waals surface area (Å²) in [5.74, 6) is 0.478. The molecule has 1 unspecified atom stereocenters. The number of nitrogens with zero attached hydrogens (tertiary/aromatic N) is 1. The highest BCUT2D eigenvalue weighted by Crippen LogP contribution is 2.30. The molecule has 6 heteroatoms. The molecule has 1 N–H and O–H groups in total. The first-order chi connectivity index (χ1) is 12.1. The third-order valence-corrected chi connectivity index (χ3v) is 4.56. The standard InChI is InChI=1S/C19H22N2O4/c1-19(17(22)20-13-16-9-5-12-24-16)10-6-11-21(19)18(23)25-14-15-7-3-2-4-8-15/h2-5,7-9,12H,6,10-11,13-14H2,1H3,(H,20,22). The average Bonchev–Trinajstić information content (AvgIpc) is 3.28. The van der Waals surface area contributed by atoms with Gasteiger partial charge in [0.05, 0.1) is 12.8 Å². The topological polar surface area (TPSA) is 71.8 Å². The van der Waals surface area contributed by atoms with Crippen molar-refractivity contribution in [3.8, 4) is 0 Å². The first-order valence-corrected chi connectivity index (χ1v) is 8.38. The summed E-state index contributed by atoms with van der Waals surface area (Å²) in [6.45, 7) is 2.79. The molecule has 25 heavy (non-hydrogen) atoms. The van der Waals surface area contributed by atoms with Crippen molar-refractivity contribution >= 4 is 12.0 Å². The Hall–Kier alpha value is -2.76. The van der Waals surface area contributed by atoms with Gasteiger partial charge in [-0.2, -0.15) is 0 Å². The first-order valence-electron chi connectivity index (χ1n) is 8.38. The van der Waals surface area contributed by atoms with E-state index < -0.39 is 11.6 Å². The summed E-state index contributed by atoms with van der Waals surface area (Å²) in [6.07, 6.45) is 2.48. The highest BCUT2D eigenvalue weighted by atomic mass is 16.6. The van der Waals surface area contributed by atoms with Crippen LogP contribution in [0, 0.1) is 0 Å². The number of carbonyl (C=O) groups is 2. The second kappa shape index (κ2) is 7.42. The fraction of sp³-hybridized carbons (Fsp3) is 0.368. The van der Waals surface area contributed by atoms with Crippen LogP contribution in [0.2, 0.25) is 0 Å². The van der Waals surface area contributed by atoms with Crippen molar-refractivity contribution in [2.24, 2.45) is 0 Å². The predicted octanol–water partition coefficient (Wildman–Crippen LogP) is 3.09. The molecular formula is C19H22N2O4. The van der Waals surface area contributed by atoms with Gasteiger partial charge in [0, 0.05) is 6.54 Å².